The highest BCUT2D eigenvalue weighted by Gasteiger charge is 2.30. The van der Waals surface area contributed by atoms with Crippen LogP contribution in [0.1, 0.15) is 25.5 Å². The largest absolute Gasteiger partial charge is 0.454 e. The van der Waals surface area contributed by atoms with Crippen LogP contribution in [0.4, 0.5) is 0 Å². The Morgan fingerprint density at radius 3 is 2.50 bits per heavy atom. The summed E-state index contributed by atoms with van der Waals surface area (Å²) in [5.74, 6) is 1.28. The number of fused-ring (bicyclic) bond motifs is 1. The Balaban J connectivity index is 0.00000162. The molecular formula is C12H17Cl2NO3. The molecule has 18 heavy (non-hydrogen) atoms. The molecule has 0 bridgehead atoms. The highest BCUT2D eigenvalue weighted by atomic mass is 35.5. The van der Waals surface area contributed by atoms with E-state index in [-0.39, 0.29) is 31.8 Å². The fraction of sp³-hybridized carbons (Fsp3) is 0.500. The zero-order valence-electron chi connectivity index (χ0n) is 10.3. The molecule has 0 radical (unpaired) electrons. The van der Waals surface area contributed by atoms with Crippen molar-refractivity contribution in [3.63, 3.8) is 0 Å². The Bertz CT molecular complexity index is 438. The van der Waals surface area contributed by atoms with Gasteiger partial charge in [0.05, 0.1) is 0 Å². The highest BCUT2D eigenvalue weighted by molar-refractivity contribution is 6.31. The maximum atomic E-state index is 9.33. The molecule has 1 aromatic carbocycles. The van der Waals surface area contributed by atoms with Crippen LogP contribution in [-0.2, 0) is 0 Å². The van der Waals surface area contributed by atoms with E-state index in [0.717, 1.165) is 5.56 Å². The minimum Gasteiger partial charge on any atom is -0.454 e. The van der Waals surface area contributed by atoms with Crippen molar-refractivity contribution in [3.05, 3.63) is 22.7 Å². The third-order valence-electron chi connectivity index (χ3n) is 3.08. The van der Waals surface area contributed by atoms with Gasteiger partial charge in [-0.1, -0.05) is 25.4 Å². The molecule has 0 amide bonds. The third-order valence-corrected chi connectivity index (χ3v) is 3.40. The fourth-order valence-corrected chi connectivity index (χ4v) is 1.96. The first-order chi connectivity index (χ1) is 7.95. The van der Waals surface area contributed by atoms with Crippen molar-refractivity contribution in [1.82, 2.24) is 0 Å². The van der Waals surface area contributed by atoms with Crippen LogP contribution >= 0.6 is 24.0 Å². The second-order valence-corrected chi connectivity index (χ2v) is 5.26. The predicted octanol–water partition coefficient (Wildman–Crippen LogP) is 2.51. The number of rotatable bonds is 3. The lowest BCUT2D eigenvalue weighted by molar-refractivity contribution is 0.132. The van der Waals surface area contributed by atoms with Crippen molar-refractivity contribution in [2.24, 2.45) is 11.1 Å². The number of nitrogens with two attached hydrogens (primary N) is 1. The Hall–Kier alpha value is -0.680. The van der Waals surface area contributed by atoms with Crippen LogP contribution in [0.3, 0.4) is 0 Å². The lowest BCUT2D eigenvalue weighted by Crippen LogP contribution is -2.32. The van der Waals surface area contributed by atoms with Gasteiger partial charge in [-0.2, -0.15) is 0 Å². The van der Waals surface area contributed by atoms with E-state index in [0.29, 0.717) is 16.5 Å². The molecule has 0 saturated carbocycles. The molecule has 1 aliphatic rings. The Morgan fingerprint density at radius 2 is 1.94 bits per heavy atom. The smallest absolute Gasteiger partial charge is 0.231 e. The molecule has 2 rings (SSSR count). The average molecular weight is 294 g/mol. The first-order valence-electron chi connectivity index (χ1n) is 5.41. The van der Waals surface area contributed by atoms with Gasteiger partial charge >= 0.3 is 0 Å². The van der Waals surface area contributed by atoms with Crippen molar-refractivity contribution >= 4 is 24.0 Å². The summed E-state index contributed by atoms with van der Waals surface area (Å²) in [6, 6.07) is 3.12. The minimum atomic E-state index is -0.447. The van der Waals surface area contributed by atoms with E-state index in [1.54, 1.807) is 12.1 Å². The molecule has 1 atom stereocenters. The SMILES string of the molecule is CC(C)(CO)[C@H](N)c1cc2c(cc1Cl)OCO2.Cl. The standard InChI is InChI=1S/C12H16ClNO3.ClH/c1-12(2,5-15)11(14)7-3-9-10(4-8(7)13)17-6-16-9;/h3-4,11,15H,5-6,14H2,1-2H3;1H/t11-;/m1./s1. The first kappa shape index (κ1) is 15.4. The summed E-state index contributed by atoms with van der Waals surface area (Å²) in [7, 11) is 0. The van der Waals surface area contributed by atoms with E-state index >= 15 is 0 Å². The average Bonchev–Trinajstić information content (AvgIpc) is 2.73. The number of hydrogen-bond acceptors (Lipinski definition) is 4. The number of ether oxygens (including phenoxy) is 2. The van der Waals surface area contributed by atoms with Crippen molar-refractivity contribution in [3.8, 4) is 11.5 Å². The summed E-state index contributed by atoms with van der Waals surface area (Å²) in [6.07, 6.45) is 0. The first-order valence-corrected chi connectivity index (χ1v) is 5.79. The summed E-state index contributed by atoms with van der Waals surface area (Å²) < 4.78 is 10.5. The normalized spacial score (nSPS) is 15.2. The molecule has 0 fully saturated rings. The van der Waals surface area contributed by atoms with Crippen LogP contribution in [0.15, 0.2) is 12.1 Å². The van der Waals surface area contributed by atoms with E-state index in [1.807, 2.05) is 13.8 Å². The van der Waals surface area contributed by atoms with Crippen LogP contribution in [-0.4, -0.2) is 18.5 Å². The summed E-state index contributed by atoms with van der Waals surface area (Å²) in [4.78, 5) is 0. The van der Waals surface area contributed by atoms with Crippen molar-refractivity contribution in [2.75, 3.05) is 13.4 Å². The van der Waals surface area contributed by atoms with E-state index < -0.39 is 5.41 Å². The quantitative estimate of drug-likeness (QED) is 0.899. The van der Waals surface area contributed by atoms with Crippen molar-refractivity contribution in [1.29, 1.82) is 0 Å². The topological polar surface area (TPSA) is 64.7 Å². The second-order valence-electron chi connectivity index (χ2n) is 4.85. The fourth-order valence-electron chi connectivity index (χ4n) is 1.69. The molecule has 0 aromatic heterocycles. The molecular weight excluding hydrogens is 277 g/mol. The van der Waals surface area contributed by atoms with Gasteiger partial charge in [0.1, 0.15) is 0 Å². The Kier molecular flexibility index (Phi) is 4.72. The summed E-state index contributed by atoms with van der Waals surface area (Å²) in [6.45, 7) is 3.96. The summed E-state index contributed by atoms with van der Waals surface area (Å²) >= 11 is 6.17. The van der Waals surface area contributed by atoms with Gasteiger partial charge in [-0.15, -0.1) is 12.4 Å². The molecule has 4 nitrogen and oxygen atoms in total. The predicted molar refractivity (Wildman–Crippen MR) is 72.6 cm³/mol. The van der Waals surface area contributed by atoms with E-state index in [2.05, 4.69) is 0 Å². The van der Waals surface area contributed by atoms with Crippen LogP contribution in [0.2, 0.25) is 5.02 Å². The van der Waals surface area contributed by atoms with Crippen molar-refractivity contribution in [2.45, 2.75) is 19.9 Å². The monoisotopic (exact) mass is 293 g/mol. The summed E-state index contributed by atoms with van der Waals surface area (Å²) in [5.41, 5.74) is 6.45. The van der Waals surface area contributed by atoms with Crippen LogP contribution in [0.5, 0.6) is 11.5 Å². The van der Waals surface area contributed by atoms with Crippen LogP contribution < -0.4 is 15.2 Å². The third kappa shape index (κ3) is 2.67. The molecule has 6 heteroatoms. The van der Waals surface area contributed by atoms with Crippen LogP contribution in [0, 0.1) is 5.41 Å². The summed E-state index contributed by atoms with van der Waals surface area (Å²) in [5, 5.41) is 9.86. The van der Waals surface area contributed by atoms with E-state index in [1.165, 1.54) is 0 Å². The number of aliphatic hydroxyl groups excluding tert-OH is 1. The van der Waals surface area contributed by atoms with Gasteiger partial charge in [-0.3, -0.25) is 0 Å². The number of halogens is 2. The van der Waals surface area contributed by atoms with Crippen molar-refractivity contribution < 1.29 is 14.6 Å². The molecule has 102 valence electrons. The lowest BCUT2D eigenvalue weighted by atomic mass is 9.81. The van der Waals surface area contributed by atoms with Gasteiger partial charge in [0.15, 0.2) is 11.5 Å². The Labute approximate surface area is 117 Å². The zero-order valence-corrected chi connectivity index (χ0v) is 11.8. The van der Waals surface area contributed by atoms with Gasteiger partial charge in [0, 0.05) is 29.2 Å². The maximum absolute atomic E-state index is 9.33. The van der Waals surface area contributed by atoms with Gasteiger partial charge in [-0.25, -0.2) is 0 Å². The molecule has 0 saturated heterocycles. The molecule has 1 aromatic rings. The molecule has 1 aliphatic heterocycles. The Morgan fingerprint density at radius 1 is 1.39 bits per heavy atom. The second kappa shape index (κ2) is 5.53. The molecule has 3 N–H and O–H groups in total. The van der Waals surface area contributed by atoms with Gasteiger partial charge in [0.2, 0.25) is 6.79 Å². The maximum Gasteiger partial charge on any atom is 0.231 e. The molecule has 0 aliphatic carbocycles. The van der Waals surface area contributed by atoms with Gasteiger partial charge < -0.3 is 20.3 Å². The zero-order chi connectivity index (χ0) is 12.6. The lowest BCUT2D eigenvalue weighted by Gasteiger charge is -2.30. The van der Waals surface area contributed by atoms with Gasteiger partial charge in [0.25, 0.3) is 0 Å². The molecule has 0 spiro atoms. The van der Waals surface area contributed by atoms with Crippen LogP contribution in [0.25, 0.3) is 0 Å². The number of benzene rings is 1. The minimum absolute atomic E-state index is 0. The molecule has 1 heterocycles. The number of hydrogen-bond donors (Lipinski definition) is 2. The number of aliphatic hydroxyl groups is 1. The van der Waals surface area contributed by atoms with E-state index in [4.69, 9.17) is 26.8 Å². The van der Waals surface area contributed by atoms with E-state index in [9.17, 15) is 5.11 Å². The highest BCUT2D eigenvalue weighted by Crippen LogP contribution is 2.42. The van der Waals surface area contributed by atoms with Gasteiger partial charge in [-0.05, 0) is 11.6 Å². The molecule has 0 unspecified atom stereocenters.